The molecule has 3 heterocycles. The highest BCUT2D eigenvalue weighted by molar-refractivity contribution is 9.11. The Morgan fingerprint density at radius 3 is 2.75 bits per heavy atom. The van der Waals surface area contributed by atoms with Gasteiger partial charge < -0.3 is 9.30 Å². The number of imidazole rings is 1. The molecule has 0 aliphatic carbocycles. The molecule has 0 aliphatic rings. The molecule has 0 bridgehead atoms. The Morgan fingerprint density at radius 2 is 2.06 bits per heavy atom. The van der Waals surface area contributed by atoms with Gasteiger partial charge in [0.05, 0.1) is 17.4 Å². The molecule has 32 heavy (non-hydrogen) atoms. The van der Waals surface area contributed by atoms with Crippen molar-refractivity contribution in [2.45, 2.75) is 32.7 Å². The molecular weight excluding hydrogens is 516 g/mol. The van der Waals surface area contributed by atoms with Gasteiger partial charge in [-0.2, -0.15) is 5.21 Å². The molecule has 1 N–H and O–H groups in total. The van der Waals surface area contributed by atoms with Crippen LogP contribution < -0.4 is 0 Å². The number of ether oxygens (including phenoxy) is 1. The van der Waals surface area contributed by atoms with E-state index in [9.17, 15) is 4.79 Å². The molecule has 0 amide bonds. The summed E-state index contributed by atoms with van der Waals surface area (Å²) in [6.07, 6.45) is 2.69. The number of tetrazole rings is 1. The smallest absolute Gasteiger partial charge is 0.357 e. The maximum Gasteiger partial charge on any atom is 0.357 e. The second-order valence-electron chi connectivity index (χ2n) is 7.03. The number of aryl methyl sites for hydroxylation is 1. The third-order valence-electron chi connectivity index (χ3n) is 4.99. The van der Waals surface area contributed by atoms with Crippen LogP contribution in [0.4, 0.5) is 0 Å². The minimum absolute atomic E-state index is 0.168. The number of esters is 1. The van der Waals surface area contributed by atoms with Crippen molar-refractivity contribution in [1.29, 1.82) is 0 Å². The lowest BCUT2D eigenvalue weighted by molar-refractivity contribution is 0.0589. The first-order valence-corrected chi connectivity index (χ1v) is 12.0. The summed E-state index contributed by atoms with van der Waals surface area (Å²) in [7, 11) is 1.34. The summed E-state index contributed by atoms with van der Waals surface area (Å²) in [6.45, 7) is 2.57. The van der Waals surface area contributed by atoms with Crippen molar-refractivity contribution >= 4 is 44.8 Å². The molecule has 166 valence electrons. The van der Waals surface area contributed by atoms with Gasteiger partial charge in [-0.3, -0.25) is 0 Å². The first-order chi connectivity index (χ1) is 15.5. The third-order valence-corrected chi connectivity index (χ3v) is 7.08. The summed E-state index contributed by atoms with van der Waals surface area (Å²) in [4.78, 5) is 17.9. The van der Waals surface area contributed by atoms with E-state index in [1.54, 1.807) is 11.3 Å². The number of thiophene rings is 1. The highest BCUT2D eigenvalue weighted by atomic mass is 79.9. The molecule has 3 aromatic heterocycles. The number of nitrogens with one attached hydrogen (secondary N) is 1. The van der Waals surface area contributed by atoms with Crippen molar-refractivity contribution in [2.24, 2.45) is 0 Å². The molecule has 4 aromatic rings. The Balaban J connectivity index is 1.74. The molecule has 0 aliphatic heterocycles. The molecular formula is C21H20BrClN6O2S. The monoisotopic (exact) mass is 534 g/mol. The minimum atomic E-state index is -0.497. The summed E-state index contributed by atoms with van der Waals surface area (Å²) in [5.41, 5.74) is 3.13. The van der Waals surface area contributed by atoms with Gasteiger partial charge in [0, 0.05) is 22.4 Å². The number of aromatic nitrogens is 6. The van der Waals surface area contributed by atoms with Crippen molar-refractivity contribution in [2.75, 3.05) is 7.11 Å². The van der Waals surface area contributed by atoms with Gasteiger partial charge in [0.25, 0.3) is 0 Å². The number of unbranched alkanes of at least 4 members (excludes halogenated alkanes) is 1. The Morgan fingerprint density at radius 1 is 1.28 bits per heavy atom. The zero-order valence-corrected chi connectivity index (χ0v) is 20.6. The summed E-state index contributed by atoms with van der Waals surface area (Å²) in [6, 6.07) is 9.97. The standard InChI is InChI=1S/C21H20BrClN6O2S/c1-3-4-9-16-24-19(23)17(21(30)31-2)29(16)11-12-10-15(18(22)32-12)13-7-5-6-8-14(13)20-25-27-28-26-20/h5-8,10H,3-4,9,11H2,1-2H3,(H,25,26,27,28). The van der Waals surface area contributed by atoms with Crippen LogP contribution in [0.3, 0.4) is 0 Å². The summed E-state index contributed by atoms with van der Waals surface area (Å²) in [5, 5.41) is 14.6. The van der Waals surface area contributed by atoms with Crippen LogP contribution in [-0.4, -0.2) is 43.3 Å². The van der Waals surface area contributed by atoms with Gasteiger partial charge in [-0.05, 0) is 39.2 Å². The van der Waals surface area contributed by atoms with E-state index in [-0.39, 0.29) is 10.8 Å². The topological polar surface area (TPSA) is 98.6 Å². The largest absolute Gasteiger partial charge is 0.464 e. The normalized spacial score (nSPS) is 11.1. The van der Waals surface area contributed by atoms with Crippen molar-refractivity contribution in [3.63, 3.8) is 0 Å². The number of carbonyl (C=O) groups is 1. The maximum atomic E-state index is 12.4. The van der Waals surface area contributed by atoms with Crippen LogP contribution in [0, 0.1) is 0 Å². The van der Waals surface area contributed by atoms with Crippen molar-refractivity contribution in [3.05, 3.63) is 55.7 Å². The Kier molecular flexibility index (Phi) is 7.02. The molecule has 0 fully saturated rings. The molecule has 0 spiro atoms. The van der Waals surface area contributed by atoms with Crippen LogP contribution in [0.1, 0.15) is 41.0 Å². The number of methoxy groups -OCH3 is 1. The second-order valence-corrected chi connectivity index (χ2v) is 9.84. The van der Waals surface area contributed by atoms with E-state index in [1.807, 2.05) is 28.8 Å². The quantitative estimate of drug-likeness (QED) is 0.304. The van der Waals surface area contributed by atoms with Gasteiger partial charge in [-0.1, -0.05) is 49.2 Å². The molecule has 0 atom stereocenters. The first-order valence-electron chi connectivity index (χ1n) is 9.98. The number of aromatic amines is 1. The molecule has 1 aromatic carbocycles. The fraction of sp³-hybridized carbons (Fsp3) is 0.286. The van der Waals surface area contributed by atoms with Crippen LogP contribution in [-0.2, 0) is 17.7 Å². The predicted octanol–water partition coefficient (Wildman–Crippen LogP) is 5.39. The Labute approximate surface area is 202 Å². The summed E-state index contributed by atoms with van der Waals surface area (Å²) in [5.74, 6) is 0.801. The number of H-pyrrole nitrogens is 1. The number of nitrogens with zero attached hydrogens (tertiary/aromatic N) is 5. The first kappa shape index (κ1) is 22.6. The SMILES string of the molecule is CCCCc1nc(Cl)c(C(=O)OC)n1Cc1cc(-c2ccccc2-c2nn[nH]n2)c(Br)s1. The molecule has 0 saturated heterocycles. The van der Waals surface area contributed by atoms with Gasteiger partial charge in [0.2, 0.25) is 5.82 Å². The van der Waals surface area contributed by atoms with Crippen LogP contribution >= 0.6 is 38.9 Å². The van der Waals surface area contributed by atoms with Gasteiger partial charge in [0.1, 0.15) is 5.82 Å². The van der Waals surface area contributed by atoms with Gasteiger partial charge >= 0.3 is 5.97 Å². The van der Waals surface area contributed by atoms with E-state index in [2.05, 4.69) is 54.5 Å². The zero-order chi connectivity index (χ0) is 22.7. The number of hydrogen-bond donors (Lipinski definition) is 1. The number of halogens is 2. The Bertz CT molecular complexity index is 1240. The average molecular weight is 536 g/mol. The minimum Gasteiger partial charge on any atom is -0.464 e. The number of benzene rings is 1. The molecule has 0 radical (unpaired) electrons. The van der Waals surface area contributed by atoms with Crippen molar-refractivity contribution in [1.82, 2.24) is 30.2 Å². The van der Waals surface area contributed by atoms with E-state index in [1.165, 1.54) is 7.11 Å². The second kappa shape index (κ2) is 9.93. The van der Waals surface area contributed by atoms with Crippen molar-refractivity contribution in [3.8, 4) is 22.5 Å². The van der Waals surface area contributed by atoms with Gasteiger partial charge in [-0.25, -0.2) is 9.78 Å². The zero-order valence-electron chi connectivity index (χ0n) is 17.4. The van der Waals surface area contributed by atoms with Gasteiger partial charge in [0.15, 0.2) is 10.8 Å². The van der Waals surface area contributed by atoms with Crippen LogP contribution in [0.2, 0.25) is 5.15 Å². The lowest BCUT2D eigenvalue weighted by atomic mass is 10.0. The van der Waals surface area contributed by atoms with E-state index in [0.717, 1.165) is 50.4 Å². The molecule has 0 saturated carbocycles. The average Bonchev–Trinajstić information content (AvgIpc) is 3.52. The summed E-state index contributed by atoms with van der Waals surface area (Å²) < 4.78 is 7.78. The highest BCUT2D eigenvalue weighted by Gasteiger charge is 2.24. The lowest BCUT2D eigenvalue weighted by Crippen LogP contribution is -2.14. The number of carbonyl (C=O) groups excluding carboxylic acids is 1. The molecule has 11 heteroatoms. The maximum absolute atomic E-state index is 12.4. The Hall–Kier alpha value is -2.56. The molecule has 4 rings (SSSR count). The number of hydrogen-bond acceptors (Lipinski definition) is 7. The highest BCUT2D eigenvalue weighted by Crippen LogP contribution is 2.40. The lowest BCUT2D eigenvalue weighted by Gasteiger charge is -2.10. The van der Waals surface area contributed by atoms with Crippen LogP contribution in [0.15, 0.2) is 34.1 Å². The van der Waals surface area contributed by atoms with Gasteiger partial charge in [-0.15, -0.1) is 21.5 Å². The molecule has 8 nitrogen and oxygen atoms in total. The van der Waals surface area contributed by atoms with Crippen molar-refractivity contribution < 1.29 is 9.53 Å². The van der Waals surface area contributed by atoms with Crippen LogP contribution in [0.25, 0.3) is 22.5 Å². The van der Waals surface area contributed by atoms with E-state index in [0.29, 0.717) is 12.4 Å². The fourth-order valence-electron chi connectivity index (χ4n) is 3.48. The number of rotatable bonds is 8. The summed E-state index contributed by atoms with van der Waals surface area (Å²) >= 11 is 11.6. The third kappa shape index (κ3) is 4.48. The van der Waals surface area contributed by atoms with E-state index >= 15 is 0 Å². The van der Waals surface area contributed by atoms with E-state index in [4.69, 9.17) is 16.3 Å². The van der Waals surface area contributed by atoms with E-state index < -0.39 is 5.97 Å². The fourth-order valence-corrected chi connectivity index (χ4v) is 5.59. The molecule has 0 unspecified atom stereocenters. The van der Waals surface area contributed by atoms with Crippen LogP contribution in [0.5, 0.6) is 0 Å². The predicted molar refractivity (Wildman–Crippen MR) is 127 cm³/mol.